The van der Waals surface area contributed by atoms with Crippen molar-refractivity contribution in [3.05, 3.63) is 120 Å². The molecule has 0 saturated carbocycles. The molecule has 0 N–H and O–H groups in total. The topological polar surface area (TPSA) is 17.1 Å². The Morgan fingerprint density at radius 2 is 0.929 bits per heavy atom. The second-order valence-electron chi connectivity index (χ2n) is 6.45. The molecule has 4 rings (SSSR count). The molecule has 0 atom stereocenters. The fourth-order valence-electron chi connectivity index (χ4n) is 3.18. The van der Waals surface area contributed by atoms with Crippen molar-refractivity contribution < 1.29 is 13.6 Å². The van der Waals surface area contributed by atoms with Crippen LogP contribution in [-0.4, -0.2) is 5.78 Å². The smallest absolute Gasteiger partial charge is 0.193 e. The molecule has 0 fully saturated rings. The Bertz CT molecular complexity index is 1040. The van der Waals surface area contributed by atoms with Crippen LogP contribution in [0.4, 0.5) is 8.78 Å². The molecule has 4 aromatic carbocycles. The lowest BCUT2D eigenvalue weighted by Gasteiger charge is -2.09. The van der Waals surface area contributed by atoms with Crippen molar-refractivity contribution in [3.63, 3.8) is 0 Å². The lowest BCUT2D eigenvalue weighted by molar-refractivity contribution is 0.103. The fraction of sp³-hybridized carbons (Fsp3) is 0. The predicted octanol–water partition coefficient (Wildman–Crippen LogP) is 6.53. The molecule has 4 aromatic rings. The quantitative estimate of drug-likeness (QED) is 0.373. The summed E-state index contributed by atoms with van der Waals surface area (Å²) in [6.45, 7) is 0. The van der Waals surface area contributed by atoms with Crippen LogP contribution in [0.1, 0.15) is 15.9 Å². The molecule has 0 aromatic heterocycles. The number of hydrogen-bond acceptors (Lipinski definition) is 1. The first-order chi connectivity index (χ1) is 13.6. The van der Waals surface area contributed by atoms with Gasteiger partial charge in [0.05, 0.1) is 0 Å². The Labute approximate surface area is 161 Å². The van der Waals surface area contributed by atoms with Gasteiger partial charge in [0, 0.05) is 22.3 Å². The second kappa shape index (κ2) is 7.57. The largest absolute Gasteiger partial charge is 0.289 e. The molecule has 0 aliphatic heterocycles. The maximum absolute atomic E-state index is 14.3. The molecule has 0 aliphatic rings. The summed E-state index contributed by atoms with van der Waals surface area (Å²) in [5, 5.41) is 0. The van der Waals surface area contributed by atoms with Gasteiger partial charge in [0.15, 0.2) is 5.78 Å². The van der Waals surface area contributed by atoms with Crippen molar-refractivity contribution >= 4 is 5.78 Å². The second-order valence-corrected chi connectivity index (χ2v) is 6.45. The first-order valence-corrected chi connectivity index (χ1v) is 8.88. The maximum Gasteiger partial charge on any atom is 0.193 e. The molecular weight excluding hydrogens is 354 g/mol. The van der Waals surface area contributed by atoms with E-state index in [9.17, 15) is 13.6 Å². The average Bonchev–Trinajstić information content (AvgIpc) is 2.75. The zero-order valence-electron chi connectivity index (χ0n) is 14.9. The number of rotatable bonds is 4. The van der Waals surface area contributed by atoms with Gasteiger partial charge in [-0.15, -0.1) is 0 Å². The summed E-state index contributed by atoms with van der Waals surface area (Å²) in [5.74, 6) is -1.08. The van der Waals surface area contributed by atoms with Gasteiger partial charge in [0.25, 0.3) is 0 Å². The molecule has 0 heterocycles. The Kier molecular flexibility index (Phi) is 4.81. The minimum absolute atomic E-state index is 0.283. The highest BCUT2D eigenvalue weighted by Crippen LogP contribution is 2.27. The van der Waals surface area contributed by atoms with Crippen LogP contribution in [0, 0.1) is 11.6 Å². The van der Waals surface area contributed by atoms with E-state index in [0.717, 1.165) is 0 Å². The normalized spacial score (nSPS) is 10.6. The van der Waals surface area contributed by atoms with Gasteiger partial charge in [-0.25, -0.2) is 8.78 Å². The van der Waals surface area contributed by atoms with Crippen LogP contribution in [0.25, 0.3) is 22.3 Å². The van der Waals surface area contributed by atoms with E-state index in [1.54, 1.807) is 36.4 Å². The van der Waals surface area contributed by atoms with E-state index in [1.807, 2.05) is 36.4 Å². The third-order valence-electron chi connectivity index (χ3n) is 4.63. The summed E-state index contributed by atoms with van der Waals surface area (Å²) < 4.78 is 28.6. The van der Waals surface area contributed by atoms with Gasteiger partial charge in [-0.3, -0.25) is 4.79 Å². The van der Waals surface area contributed by atoms with Crippen LogP contribution in [0.5, 0.6) is 0 Å². The molecule has 1 nitrogen and oxygen atoms in total. The van der Waals surface area contributed by atoms with E-state index in [0.29, 0.717) is 33.4 Å². The number of halogens is 2. The molecule has 0 amide bonds. The van der Waals surface area contributed by atoms with Crippen molar-refractivity contribution in [2.45, 2.75) is 0 Å². The van der Waals surface area contributed by atoms with Crippen molar-refractivity contribution in [2.24, 2.45) is 0 Å². The zero-order valence-corrected chi connectivity index (χ0v) is 14.9. The van der Waals surface area contributed by atoms with Crippen molar-refractivity contribution in [2.75, 3.05) is 0 Å². The number of hydrogen-bond donors (Lipinski definition) is 0. The van der Waals surface area contributed by atoms with Gasteiger partial charge in [-0.2, -0.15) is 0 Å². The van der Waals surface area contributed by atoms with E-state index in [4.69, 9.17) is 0 Å². The molecule has 0 unspecified atom stereocenters. The molecule has 136 valence electrons. The van der Waals surface area contributed by atoms with Crippen LogP contribution in [-0.2, 0) is 0 Å². The summed E-state index contributed by atoms with van der Waals surface area (Å²) >= 11 is 0. The van der Waals surface area contributed by atoms with Crippen LogP contribution >= 0.6 is 0 Å². The minimum Gasteiger partial charge on any atom is -0.289 e. The molecule has 3 heteroatoms. The van der Waals surface area contributed by atoms with E-state index in [-0.39, 0.29) is 5.78 Å². The zero-order chi connectivity index (χ0) is 19.5. The lowest BCUT2D eigenvalue weighted by atomic mass is 9.95. The molecule has 0 saturated heterocycles. The summed E-state index contributed by atoms with van der Waals surface area (Å²) in [5.41, 5.74) is 2.81. The summed E-state index contributed by atoms with van der Waals surface area (Å²) in [4.78, 5) is 13.0. The molecule has 28 heavy (non-hydrogen) atoms. The predicted molar refractivity (Wildman–Crippen MR) is 107 cm³/mol. The average molecular weight is 370 g/mol. The molecule has 0 bridgehead atoms. The fourth-order valence-corrected chi connectivity index (χ4v) is 3.18. The Morgan fingerprint density at radius 3 is 1.32 bits per heavy atom. The van der Waals surface area contributed by atoms with Crippen LogP contribution in [0.3, 0.4) is 0 Å². The number of carbonyl (C=O) groups is 1. The van der Waals surface area contributed by atoms with E-state index >= 15 is 0 Å². The number of benzene rings is 4. The van der Waals surface area contributed by atoms with Gasteiger partial charge in [0.2, 0.25) is 0 Å². The van der Waals surface area contributed by atoms with E-state index in [2.05, 4.69) is 0 Å². The van der Waals surface area contributed by atoms with Crippen molar-refractivity contribution in [3.8, 4) is 22.3 Å². The van der Waals surface area contributed by atoms with Gasteiger partial charge in [0.1, 0.15) is 11.6 Å². The van der Waals surface area contributed by atoms with E-state index < -0.39 is 11.6 Å². The summed E-state index contributed by atoms with van der Waals surface area (Å²) in [7, 11) is 0. The Hall–Kier alpha value is -3.59. The monoisotopic (exact) mass is 370 g/mol. The molecule has 0 spiro atoms. The van der Waals surface area contributed by atoms with Crippen LogP contribution in [0.2, 0.25) is 0 Å². The summed E-state index contributed by atoms with van der Waals surface area (Å²) in [6, 6.07) is 26.7. The Balaban J connectivity index is 1.75. The summed E-state index contributed by atoms with van der Waals surface area (Å²) in [6.07, 6.45) is 0. The van der Waals surface area contributed by atoms with Gasteiger partial charge < -0.3 is 0 Å². The van der Waals surface area contributed by atoms with Gasteiger partial charge in [-0.05, 0) is 47.5 Å². The van der Waals surface area contributed by atoms with Gasteiger partial charge in [-0.1, -0.05) is 60.7 Å². The third-order valence-corrected chi connectivity index (χ3v) is 4.63. The van der Waals surface area contributed by atoms with Crippen LogP contribution in [0.15, 0.2) is 97.1 Å². The molecule has 0 radical (unpaired) electrons. The maximum atomic E-state index is 14.3. The highest BCUT2D eigenvalue weighted by Gasteiger charge is 2.15. The SMILES string of the molecule is O=C(c1ccc(F)c(-c2ccccc2)c1)c1ccc(F)c(-c2ccccc2)c1. The van der Waals surface area contributed by atoms with Crippen molar-refractivity contribution in [1.29, 1.82) is 0 Å². The van der Waals surface area contributed by atoms with Crippen LogP contribution < -0.4 is 0 Å². The minimum atomic E-state index is -0.396. The Morgan fingerprint density at radius 1 is 0.536 bits per heavy atom. The third kappa shape index (κ3) is 3.47. The highest BCUT2D eigenvalue weighted by molar-refractivity contribution is 6.10. The lowest BCUT2D eigenvalue weighted by Crippen LogP contribution is -2.03. The molecular formula is C25H16F2O. The first kappa shape index (κ1) is 17.8. The number of ketones is 1. The number of carbonyl (C=O) groups excluding carboxylic acids is 1. The first-order valence-electron chi connectivity index (χ1n) is 8.88. The molecule has 0 aliphatic carbocycles. The van der Waals surface area contributed by atoms with Gasteiger partial charge >= 0.3 is 0 Å². The standard InChI is InChI=1S/C25H16F2O/c26-23-13-11-19(15-21(23)17-7-3-1-4-8-17)25(28)20-12-14-24(27)22(16-20)18-9-5-2-6-10-18/h1-16H. The van der Waals surface area contributed by atoms with Crippen molar-refractivity contribution in [1.82, 2.24) is 0 Å². The highest BCUT2D eigenvalue weighted by atomic mass is 19.1. The van der Waals surface area contributed by atoms with E-state index in [1.165, 1.54) is 24.3 Å².